The Balaban J connectivity index is 1.92. The number of carboxylic acid groups (broad SMARTS) is 1. The van der Waals surface area contributed by atoms with Gasteiger partial charge in [0.1, 0.15) is 5.41 Å². The Kier molecular flexibility index (Phi) is 2.90. The first kappa shape index (κ1) is 13.0. The highest BCUT2D eigenvalue weighted by atomic mass is 19.4. The van der Waals surface area contributed by atoms with Crippen LogP contribution in [0.1, 0.15) is 19.3 Å². The van der Waals surface area contributed by atoms with Crippen LogP contribution in [0.25, 0.3) is 0 Å². The third-order valence-corrected chi connectivity index (χ3v) is 3.52. The Morgan fingerprint density at radius 1 is 1.33 bits per heavy atom. The summed E-state index contributed by atoms with van der Waals surface area (Å²) in [7, 11) is 0. The monoisotopic (exact) mass is 266 g/mol. The third kappa shape index (κ3) is 2.11. The molecular weight excluding hydrogens is 253 g/mol. The fraction of sp³-hybridized carbons (Fsp3) is 0.800. The molecule has 2 fully saturated rings. The highest BCUT2D eigenvalue weighted by Gasteiger charge is 2.68. The highest BCUT2D eigenvalue weighted by Crippen LogP contribution is 2.57. The van der Waals surface area contributed by atoms with Gasteiger partial charge >= 0.3 is 12.3 Å². The summed E-state index contributed by atoms with van der Waals surface area (Å²) in [6, 6.07) is -0.520. The first-order chi connectivity index (χ1) is 8.26. The van der Waals surface area contributed by atoms with Gasteiger partial charge in [-0.25, -0.2) is 4.79 Å². The number of likely N-dealkylation sites (tertiary alicyclic amines) is 1. The van der Waals surface area contributed by atoms with Gasteiger partial charge in [0.25, 0.3) is 0 Å². The van der Waals surface area contributed by atoms with Crippen LogP contribution < -0.4 is 5.32 Å². The molecule has 1 saturated heterocycles. The van der Waals surface area contributed by atoms with Crippen molar-refractivity contribution in [3.05, 3.63) is 0 Å². The molecule has 0 radical (unpaired) electrons. The number of hydrogen-bond donors (Lipinski definition) is 2. The van der Waals surface area contributed by atoms with Gasteiger partial charge in [-0.05, 0) is 19.3 Å². The van der Waals surface area contributed by atoms with Gasteiger partial charge in [0, 0.05) is 19.1 Å². The zero-order valence-electron chi connectivity index (χ0n) is 9.46. The zero-order valence-corrected chi connectivity index (χ0v) is 9.46. The van der Waals surface area contributed by atoms with Gasteiger partial charge < -0.3 is 15.3 Å². The zero-order chi connectivity index (χ0) is 13.6. The molecule has 1 heterocycles. The number of hydrogen-bond acceptors (Lipinski definition) is 2. The Labute approximate surface area is 101 Å². The molecule has 2 N–H and O–H groups in total. The van der Waals surface area contributed by atoms with Crippen LogP contribution in [0.3, 0.4) is 0 Å². The van der Waals surface area contributed by atoms with Crippen molar-refractivity contribution in [1.82, 2.24) is 10.2 Å². The fourth-order valence-corrected chi connectivity index (χ4v) is 2.14. The molecule has 1 atom stereocenters. The van der Waals surface area contributed by atoms with E-state index in [-0.39, 0.29) is 25.9 Å². The first-order valence-corrected chi connectivity index (χ1v) is 5.62. The maximum atomic E-state index is 12.7. The molecular formula is C10H13F3N2O3. The molecule has 2 aliphatic rings. The molecule has 1 aliphatic carbocycles. The van der Waals surface area contributed by atoms with Crippen molar-refractivity contribution in [2.24, 2.45) is 5.41 Å². The largest absolute Gasteiger partial charge is 0.465 e. The number of rotatable bonds is 2. The summed E-state index contributed by atoms with van der Waals surface area (Å²) in [6.45, 7) is 0.286. The number of halogens is 3. The summed E-state index contributed by atoms with van der Waals surface area (Å²) in [5.41, 5.74) is -2.23. The minimum absolute atomic E-state index is 0.0506. The normalized spacial score (nSPS) is 25.9. The van der Waals surface area contributed by atoms with Gasteiger partial charge in [-0.15, -0.1) is 0 Å². The second kappa shape index (κ2) is 4.03. The minimum Gasteiger partial charge on any atom is -0.465 e. The second-order valence-corrected chi connectivity index (χ2v) is 4.77. The van der Waals surface area contributed by atoms with E-state index in [4.69, 9.17) is 5.11 Å². The lowest BCUT2D eigenvalue weighted by Gasteiger charge is -2.21. The van der Waals surface area contributed by atoms with Gasteiger partial charge in [-0.3, -0.25) is 4.79 Å². The van der Waals surface area contributed by atoms with Crippen molar-refractivity contribution in [2.75, 3.05) is 13.1 Å². The second-order valence-electron chi connectivity index (χ2n) is 4.77. The molecule has 8 heteroatoms. The number of carbonyl (C=O) groups excluding carboxylic acids is 1. The molecule has 1 saturated carbocycles. The Bertz CT molecular complexity index is 379. The molecule has 0 aromatic carbocycles. The lowest BCUT2D eigenvalue weighted by Crippen LogP contribution is -2.46. The maximum Gasteiger partial charge on any atom is 0.407 e. The molecule has 1 aliphatic heterocycles. The summed E-state index contributed by atoms with van der Waals surface area (Å²) < 4.78 is 38.0. The Morgan fingerprint density at radius 3 is 2.33 bits per heavy atom. The van der Waals surface area contributed by atoms with E-state index in [1.807, 2.05) is 0 Å². The summed E-state index contributed by atoms with van der Waals surface area (Å²) in [5.74, 6) is -1.02. The van der Waals surface area contributed by atoms with Crippen molar-refractivity contribution in [3.8, 4) is 0 Å². The molecule has 5 nitrogen and oxygen atoms in total. The molecule has 0 spiro atoms. The summed E-state index contributed by atoms with van der Waals surface area (Å²) >= 11 is 0. The van der Waals surface area contributed by atoms with Gasteiger partial charge in [0.15, 0.2) is 0 Å². The van der Waals surface area contributed by atoms with Crippen LogP contribution in [0, 0.1) is 5.41 Å². The topological polar surface area (TPSA) is 69.6 Å². The molecule has 0 aromatic heterocycles. The first-order valence-electron chi connectivity index (χ1n) is 5.62. The van der Waals surface area contributed by atoms with Gasteiger partial charge in [-0.1, -0.05) is 0 Å². The predicted octanol–water partition coefficient (Wildman–Crippen LogP) is 1.20. The Morgan fingerprint density at radius 2 is 1.94 bits per heavy atom. The van der Waals surface area contributed by atoms with E-state index >= 15 is 0 Å². The average molecular weight is 266 g/mol. The van der Waals surface area contributed by atoms with E-state index in [0.29, 0.717) is 6.42 Å². The van der Waals surface area contributed by atoms with Crippen molar-refractivity contribution in [2.45, 2.75) is 31.5 Å². The Hall–Kier alpha value is -1.47. The van der Waals surface area contributed by atoms with Gasteiger partial charge in [-0.2, -0.15) is 13.2 Å². The fourth-order valence-electron chi connectivity index (χ4n) is 2.14. The van der Waals surface area contributed by atoms with Crippen LogP contribution in [0.15, 0.2) is 0 Å². The number of nitrogens with zero attached hydrogens (tertiary/aromatic N) is 1. The van der Waals surface area contributed by atoms with Crippen LogP contribution in [-0.4, -0.2) is 47.3 Å². The smallest absolute Gasteiger partial charge is 0.407 e. The molecule has 2 rings (SSSR count). The van der Waals surface area contributed by atoms with E-state index in [2.05, 4.69) is 5.32 Å². The molecule has 0 bridgehead atoms. The van der Waals surface area contributed by atoms with Gasteiger partial charge in [0.05, 0.1) is 0 Å². The van der Waals surface area contributed by atoms with E-state index in [0.717, 1.165) is 4.90 Å². The summed E-state index contributed by atoms with van der Waals surface area (Å²) in [5, 5.41) is 11.0. The van der Waals surface area contributed by atoms with Crippen LogP contribution in [-0.2, 0) is 4.79 Å². The van der Waals surface area contributed by atoms with Crippen LogP contribution >= 0.6 is 0 Å². The lowest BCUT2D eigenvalue weighted by atomic mass is 10.1. The maximum absolute atomic E-state index is 12.7. The van der Waals surface area contributed by atoms with E-state index in [1.54, 1.807) is 0 Å². The van der Waals surface area contributed by atoms with Gasteiger partial charge in [0.2, 0.25) is 5.91 Å². The highest BCUT2D eigenvalue weighted by molar-refractivity contribution is 5.86. The molecule has 2 amide bonds. The van der Waals surface area contributed by atoms with Crippen LogP contribution in [0.4, 0.5) is 18.0 Å². The number of alkyl halides is 3. The van der Waals surface area contributed by atoms with Crippen LogP contribution in [0.5, 0.6) is 0 Å². The minimum atomic E-state index is -4.53. The molecule has 102 valence electrons. The van der Waals surface area contributed by atoms with E-state index < -0.39 is 29.6 Å². The van der Waals surface area contributed by atoms with E-state index in [1.165, 1.54) is 0 Å². The quantitative estimate of drug-likeness (QED) is 0.789. The molecule has 0 aromatic rings. The number of nitrogens with one attached hydrogen (secondary N) is 1. The SMILES string of the molecule is O=C(O)N1CC[C@H](NC(=O)C2(C(F)(F)F)CC2)C1. The van der Waals surface area contributed by atoms with Crippen molar-refractivity contribution >= 4 is 12.0 Å². The molecule has 18 heavy (non-hydrogen) atoms. The number of amides is 2. The lowest BCUT2D eigenvalue weighted by molar-refractivity contribution is -0.192. The summed E-state index contributed by atoms with van der Waals surface area (Å²) in [4.78, 5) is 23.3. The number of carbonyl (C=O) groups is 2. The summed E-state index contributed by atoms with van der Waals surface area (Å²) in [6.07, 6.45) is -5.66. The van der Waals surface area contributed by atoms with Crippen LogP contribution in [0.2, 0.25) is 0 Å². The van der Waals surface area contributed by atoms with Crippen molar-refractivity contribution < 1.29 is 27.9 Å². The predicted molar refractivity (Wildman–Crippen MR) is 53.9 cm³/mol. The van der Waals surface area contributed by atoms with E-state index in [9.17, 15) is 22.8 Å². The average Bonchev–Trinajstić information content (AvgIpc) is 2.94. The van der Waals surface area contributed by atoms with Crippen molar-refractivity contribution in [1.29, 1.82) is 0 Å². The molecule has 0 unspecified atom stereocenters. The van der Waals surface area contributed by atoms with Crippen molar-refractivity contribution in [3.63, 3.8) is 0 Å². The third-order valence-electron chi connectivity index (χ3n) is 3.52. The standard InChI is InChI=1S/C10H13F3N2O3/c11-10(12,13)9(2-3-9)7(16)14-6-1-4-15(5-6)8(17)18/h6H,1-5H2,(H,14,16)(H,17,18)/t6-/m0/s1.